The van der Waals surface area contributed by atoms with Crippen LogP contribution in [0.5, 0.6) is 5.75 Å². The molecule has 0 atom stereocenters. The highest BCUT2D eigenvalue weighted by Crippen LogP contribution is 2.26. The van der Waals surface area contributed by atoms with E-state index in [4.69, 9.17) is 0 Å². The molecule has 1 aromatic rings. The van der Waals surface area contributed by atoms with E-state index in [1.54, 1.807) is 0 Å². The number of aryl methyl sites for hydroxylation is 1. The van der Waals surface area contributed by atoms with Crippen LogP contribution in [0.2, 0.25) is 0 Å². The third-order valence-electron chi connectivity index (χ3n) is 2.64. The summed E-state index contributed by atoms with van der Waals surface area (Å²) >= 11 is 0. The van der Waals surface area contributed by atoms with E-state index in [0.717, 1.165) is 22.5 Å². The number of aromatic nitrogens is 1. The predicted molar refractivity (Wildman–Crippen MR) is 56.0 cm³/mol. The summed E-state index contributed by atoms with van der Waals surface area (Å²) in [7, 11) is 0. The Labute approximate surface area is 114 Å². The molecule has 6 heteroatoms. The van der Waals surface area contributed by atoms with Crippen LogP contribution in [0.4, 0.5) is 0 Å². The molecular formula is C11H20Cl2N2O2. The van der Waals surface area contributed by atoms with Gasteiger partial charge < -0.3 is 40.8 Å². The molecule has 0 spiro atoms. The van der Waals surface area contributed by atoms with Crippen molar-refractivity contribution in [3.05, 3.63) is 22.5 Å². The molecule has 0 aliphatic carbocycles. The molecule has 0 saturated heterocycles. The molecule has 1 aromatic heterocycles. The monoisotopic (exact) mass is 282 g/mol. The first-order chi connectivity index (χ1) is 7.02. The number of H-pyrrole nitrogens is 1. The zero-order chi connectivity index (χ0) is 11.6. The van der Waals surface area contributed by atoms with Gasteiger partial charge in [0, 0.05) is 12.8 Å². The van der Waals surface area contributed by atoms with Crippen LogP contribution in [0.25, 0.3) is 0 Å². The van der Waals surface area contributed by atoms with Crippen molar-refractivity contribution in [3.8, 4) is 5.75 Å². The Bertz CT molecular complexity index is 371. The number of hydrogen-bond acceptors (Lipinski definition) is 2. The second kappa shape index (κ2) is 7.71. The maximum Gasteiger partial charge on any atom is 0.219 e. The fraction of sp³-hybridized carbons (Fsp3) is 0.545. The van der Waals surface area contributed by atoms with Gasteiger partial charge in [0.05, 0.1) is 17.7 Å². The van der Waals surface area contributed by atoms with E-state index in [9.17, 15) is 10.2 Å². The zero-order valence-electron chi connectivity index (χ0n) is 10.3. The number of quaternary nitrogens is 1. The highest BCUT2D eigenvalue weighted by atomic mass is 35.5. The molecule has 0 amide bonds. The summed E-state index contributed by atoms with van der Waals surface area (Å²) in [6.07, 6.45) is 0. The average molecular weight is 283 g/mol. The first-order valence-electron chi connectivity index (χ1n) is 5.19. The molecule has 0 aromatic carbocycles. The third kappa shape index (κ3) is 3.71. The Hall–Kier alpha value is -0.550. The molecule has 0 aliphatic heterocycles. The van der Waals surface area contributed by atoms with Gasteiger partial charge in [0.15, 0.2) is 11.4 Å². The summed E-state index contributed by atoms with van der Waals surface area (Å²) in [6.45, 7) is 6.34. The zero-order valence-corrected chi connectivity index (χ0v) is 11.9. The molecular weight excluding hydrogens is 263 g/mol. The largest absolute Gasteiger partial charge is 1.00 e. The number of pyridine rings is 1. The lowest BCUT2D eigenvalue weighted by Gasteiger charge is -2.10. The summed E-state index contributed by atoms with van der Waals surface area (Å²) in [5, 5.41) is 19.2. The van der Waals surface area contributed by atoms with E-state index in [2.05, 4.69) is 10.7 Å². The van der Waals surface area contributed by atoms with Crippen molar-refractivity contribution in [2.45, 2.75) is 39.8 Å². The normalized spacial score (nSPS) is 9.76. The second-order valence-corrected chi connectivity index (χ2v) is 4.03. The average Bonchev–Trinajstić information content (AvgIpc) is 2.20. The Morgan fingerprint density at radius 3 is 2.12 bits per heavy atom. The van der Waals surface area contributed by atoms with Gasteiger partial charge in [0.1, 0.15) is 6.54 Å². The molecule has 0 aliphatic rings. The smallest absolute Gasteiger partial charge is 0.219 e. The summed E-state index contributed by atoms with van der Waals surface area (Å²) in [5.74, 6) is 0.509. The van der Waals surface area contributed by atoms with Crippen LogP contribution in [0.3, 0.4) is 0 Å². The van der Waals surface area contributed by atoms with Crippen LogP contribution in [0, 0.1) is 6.92 Å². The van der Waals surface area contributed by atoms with Gasteiger partial charge in [-0.05, 0) is 0 Å². The lowest BCUT2D eigenvalue weighted by molar-refractivity contribution is -0.407. The molecule has 1 rings (SSSR count). The van der Waals surface area contributed by atoms with Crippen LogP contribution >= 0.6 is 0 Å². The van der Waals surface area contributed by atoms with Crippen LogP contribution in [-0.2, 0) is 13.2 Å². The van der Waals surface area contributed by atoms with Crippen molar-refractivity contribution in [2.24, 2.45) is 0 Å². The van der Waals surface area contributed by atoms with E-state index in [1.165, 1.54) is 0 Å². The lowest BCUT2D eigenvalue weighted by atomic mass is 9.98. The second-order valence-electron chi connectivity index (χ2n) is 4.03. The van der Waals surface area contributed by atoms with E-state index in [-0.39, 0.29) is 43.1 Å². The Morgan fingerprint density at radius 2 is 1.76 bits per heavy atom. The Kier molecular flexibility index (Phi) is 8.53. The topological polar surface area (TPSA) is 82.2 Å². The maximum absolute atomic E-state index is 9.83. The minimum atomic E-state index is -0.0668. The number of aromatic amines is 1. The van der Waals surface area contributed by atoms with Crippen LogP contribution in [0.15, 0.2) is 0 Å². The molecule has 0 unspecified atom stereocenters. The van der Waals surface area contributed by atoms with Crippen molar-refractivity contribution in [1.82, 2.24) is 0 Å². The molecule has 4 nitrogen and oxygen atoms in total. The molecule has 0 radical (unpaired) electrons. The minimum absolute atomic E-state index is 0. The van der Waals surface area contributed by atoms with Crippen LogP contribution in [-0.4, -0.2) is 10.2 Å². The number of aliphatic hydroxyl groups is 1. The van der Waals surface area contributed by atoms with Gasteiger partial charge >= 0.3 is 0 Å². The van der Waals surface area contributed by atoms with Crippen molar-refractivity contribution in [3.63, 3.8) is 0 Å². The fourth-order valence-corrected chi connectivity index (χ4v) is 1.81. The number of halogens is 2. The van der Waals surface area contributed by atoms with Crippen molar-refractivity contribution >= 4 is 0 Å². The Morgan fingerprint density at radius 1 is 1.24 bits per heavy atom. The lowest BCUT2D eigenvalue weighted by Crippen LogP contribution is -3.00. The Balaban J connectivity index is 0. The summed E-state index contributed by atoms with van der Waals surface area (Å²) < 4.78 is 0. The fourth-order valence-electron chi connectivity index (χ4n) is 1.81. The molecule has 100 valence electrons. The number of aliphatic hydroxyl groups excluding tert-OH is 1. The summed E-state index contributed by atoms with van der Waals surface area (Å²) in [6, 6.07) is 0. The quantitative estimate of drug-likeness (QED) is 0.516. The minimum Gasteiger partial charge on any atom is -1.00 e. The summed E-state index contributed by atoms with van der Waals surface area (Å²) in [4.78, 5) is 3.13. The number of hydrogen-bond donors (Lipinski definition) is 3. The number of aromatic hydroxyl groups is 1. The van der Waals surface area contributed by atoms with E-state index < -0.39 is 0 Å². The van der Waals surface area contributed by atoms with Gasteiger partial charge in [0.25, 0.3) is 0 Å². The molecule has 17 heavy (non-hydrogen) atoms. The number of nitrogens with one attached hydrogen (secondary N) is 1. The van der Waals surface area contributed by atoms with Gasteiger partial charge in [-0.2, -0.15) is 0 Å². The SMILES string of the molecule is Cc1[nH+]c(C(C)C)c(CO)c(C[NH3+])c1O.[Cl-].[Cl-]. The highest BCUT2D eigenvalue weighted by Gasteiger charge is 2.23. The summed E-state index contributed by atoms with van der Waals surface area (Å²) in [5.41, 5.74) is 7.02. The molecule has 0 fully saturated rings. The predicted octanol–water partition coefficient (Wildman–Crippen LogP) is -6.12. The van der Waals surface area contributed by atoms with E-state index in [1.807, 2.05) is 20.8 Å². The van der Waals surface area contributed by atoms with Crippen molar-refractivity contribution < 1.29 is 45.7 Å². The van der Waals surface area contributed by atoms with Gasteiger partial charge in [-0.3, -0.25) is 0 Å². The van der Waals surface area contributed by atoms with Crippen LogP contribution < -0.4 is 35.5 Å². The van der Waals surface area contributed by atoms with Gasteiger partial charge in [-0.25, -0.2) is 4.98 Å². The molecule has 0 saturated carbocycles. The highest BCUT2D eigenvalue weighted by molar-refractivity contribution is 5.40. The number of rotatable bonds is 3. The van der Waals surface area contributed by atoms with E-state index >= 15 is 0 Å². The first-order valence-corrected chi connectivity index (χ1v) is 5.19. The maximum atomic E-state index is 9.83. The van der Waals surface area contributed by atoms with Crippen molar-refractivity contribution in [1.29, 1.82) is 0 Å². The standard InChI is InChI=1S/C11H18N2O2.2ClH/c1-6(2)10-9(5-14)8(4-12)11(15)7(3)13-10;;/h6,14-15H,4-5,12H2,1-3H3;2*1H. The van der Waals surface area contributed by atoms with Crippen LogP contribution in [0.1, 0.15) is 42.3 Å². The third-order valence-corrected chi connectivity index (χ3v) is 2.64. The molecule has 6 N–H and O–H groups in total. The van der Waals surface area contributed by atoms with Crippen molar-refractivity contribution in [2.75, 3.05) is 0 Å². The first kappa shape index (κ1) is 18.8. The molecule has 0 bridgehead atoms. The van der Waals surface area contributed by atoms with Gasteiger partial charge in [0.2, 0.25) is 5.69 Å². The molecule has 1 heterocycles. The van der Waals surface area contributed by atoms with Gasteiger partial charge in [-0.15, -0.1) is 0 Å². The van der Waals surface area contributed by atoms with E-state index in [0.29, 0.717) is 6.54 Å². The van der Waals surface area contributed by atoms with Gasteiger partial charge in [-0.1, -0.05) is 13.8 Å².